The maximum absolute atomic E-state index is 12.6. The molecule has 1 saturated heterocycles. The summed E-state index contributed by atoms with van der Waals surface area (Å²) < 4.78 is 60.4. The van der Waals surface area contributed by atoms with Crippen molar-refractivity contribution in [3.63, 3.8) is 0 Å². The molecule has 1 amide bonds. The van der Waals surface area contributed by atoms with Gasteiger partial charge in [-0.3, -0.25) is 4.79 Å². The van der Waals surface area contributed by atoms with Gasteiger partial charge in [-0.05, 0) is 24.4 Å². The highest BCUT2D eigenvalue weighted by atomic mass is 127. The lowest BCUT2D eigenvalue weighted by Crippen LogP contribution is -2.44. The van der Waals surface area contributed by atoms with Crippen molar-refractivity contribution in [1.82, 2.24) is 23.0 Å². The highest BCUT2D eigenvalue weighted by Gasteiger charge is 2.42. The van der Waals surface area contributed by atoms with E-state index in [1.807, 2.05) is 33.7 Å². The minimum atomic E-state index is -4.99. The summed E-state index contributed by atoms with van der Waals surface area (Å²) >= 11 is 3.61. The van der Waals surface area contributed by atoms with Crippen LogP contribution in [0.3, 0.4) is 0 Å². The predicted molar refractivity (Wildman–Crippen MR) is 168 cm³/mol. The van der Waals surface area contributed by atoms with E-state index >= 15 is 0 Å². The van der Waals surface area contributed by atoms with Crippen molar-refractivity contribution < 1.29 is 31.9 Å². The van der Waals surface area contributed by atoms with Gasteiger partial charge in [0.05, 0.1) is 59.0 Å². The van der Waals surface area contributed by atoms with Crippen molar-refractivity contribution in [1.29, 1.82) is 0 Å². The SMILES string of the molecule is CSCO[C@H]1C[C@H](n2cc(C#CCNC(=O)C(F)(F)F)c3c(/N=C/N(C)I)ncnc32)O[C@@H]1CO[Si](C)(C)C(C)(C)C. The van der Waals surface area contributed by atoms with Crippen molar-refractivity contribution in [2.75, 3.05) is 32.4 Å². The van der Waals surface area contributed by atoms with Gasteiger partial charge in [0.1, 0.15) is 30.6 Å². The molecule has 16 heteroatoms. The third-order valence-corrected chi connectivity index (χ3v) is 12.2. The molecule has 0 bridgehead atoms. The van der Waals surface area contributed by atoms with Gasteiger partial charge in [0.15, 0.2) is 14.1 Å². The summed E-state index contributed by atoms with van der Waals surface area (Å²) in [6.45, 7) is 10.8. The first-order valence-corrected chi connectivity index (χ1v) is 18.3. The fourth-order valence-electron chi connectivity index (χ4n) is 3.84. The molecule has 1 fully saturated rings. The molecule has 0 spiro atoms. The average Bonchev–Trinajstić information content (AvgIpc) is 3.47. The van der Waals surface area contributed by atoms with Crippen LogP contribution in [0.2, 0.25) is 18.1 Å². The Morgan fingerprint density at radius 3 is 2.71 bits per heavy atom. The summed E-state index contributed by atoms with van der Waals surface area (Å²) in [7, 11) is -0.250. The Hall–Kier alpha value is -1.91. The number of thioether (sulfide) groups is 1. The van der Waals surface area contributed by atoms with Crippen LogP contribution in [-0.4, -0.2) is 89.0 Å². The minimum absolute atomic E-state index is 0.0320. The number of rotatable bonds is 10. The Balaban J connectivity index is 1.97. The van der Waals surface area contributed by atoms with Gasteiger partial charge in [0.25, 0.3) is 0 Å². The van der Waals surface area contributed by atoms with Crippen molar-refractivity contribution in [2.45, 2.75) is 69.9 Å². The van der Waals surface area contributed by atoms with Gasteiger partial charge in [-0.25, -0.2) is 15.0 Å². The lowest BCUT2D eigenvalue weighted by molar-refractivity contribution is -0.173. The zero-order valence-corrected chi connectivity index (χ0v) is 28.6. The summed E-state index contributed by atoms with van der Waals surface area (Å²) in [5, 5.41) is 2.30. The number of nitrogens with one attached hydrogen (secondary N) is 1. The smallest absolute Gasteiger partial charge is 0.414 e. The van der Waals surface area contributed by atoms with Crippen molar-refractivity contribution in [3.05, 3.63) is 18.1 Å². The predicted octanol–water partition coefficient (Wildman–Crippen LogP) is 5.42. The molecule has 3 atom stereocenters. The van der Waals surface area contributed by atoms with Crippen LogP contribution in [0.1, 0.15) is 39.0 Å². The monoisotopic (exact) mass is 740 g/mol. The minimum Gasteiger partial charge on any atom is -0.414 e. The highest BCUT2D eigenvalue weighted by molar-refractivity contribution is 14.1. The molecule has 2 aromatic heterocycles. The first kappa shape index (κ1) is 34.6. The number of ether oxygens (including phenoxy) is 2. The summed E-state index contributed by atoms with van der Waals surface area (Å²) in [6.07, 6.45) is 1.12. The van der Waals surface area contributed by atoms with E-state index in [0.717, 1.165) is 0 Å². The zero-order valence-electron chi connectivity index (χ0n) is 24.6. The van der Waals surface area contributed by atoms with Gasteiger partial charge in [-0.15, -0.1) is 11.8 Å². The second kappa shape index (κ2) is 14.2. The molecule has 2 aromatic rings. The molecule has 3 heterocycles. The Morgan fingerprint density at radius 1 is 1.38 bits per heavy atom. The van der Waals surface area contributed by atoms with Crippen LogP contribution in [0.5, 0.6) is 0 Å². The molecule has 0 aromatic carbocycles. The van der Waals surface area contributed by atoms with E-state index < -0.39 is 33.2 Å². The van der Waals surface area contributed by atoms with Crippen molar-refractivity contribution in [3.8, 4) is 11.8 Å². The van der Waals surface area contributed by atoms with E-state index in [1.54, 1.807) is 39.8 Å². The molecule has 1 aliphatic heterocycles. The Morgan fingerprint density at radius 2 is 2.10 bits per heavy atom. The van der Waals surface area contributed by atoms with Gasteiger partial charge in [-0.1, -0.05) is 32.6 Å². The number of alkyl halides is 3. The number of carbonyl (C=O) groups excluding carboxylic acids is 1. The molecule has 10 nitrogen and oxygen atoms in total. The number of fused-ring (bicyclic) bond motifs is 1. The molecular formula is C26H36F3IN6O4SSi. The van der Waals surface area contributed by atoms with Gasteiger partial charge in [0, 0.05) is 19.7 Å². The van der Waals surface area contributed by atoms with Crippen LogP contribution in [-0.2, 0) is 18.7 Å². The maximum Gasteiger partial charge on any atom is 0.471 e. The van der Waals surface area contributed by atoms with E-state index in [2.05, 4.69) is 60.7 Å². The number of carbonyl (C=O) groups is 1. The normalized spacial score (nSPS) is 19.7. The summed E-state index contributed by atoms with van der Waals surface area (Å²) in [5.74, 6) is 4.21. The van der Waals surface area contributed by atoms with E-state index in [4.69, 9.17) is 13.9 Å². The number of nitrogens with zero attached hydrogens (tertiary/aromatic N) is 5. The molecule has 0 saturated carbocycles. The number of aliphatic imine (C=N–C) groups is 1. The first-order valence-electron chi connectivity index (χ1n) is 13.1. The summed E-state index contributed by atoms with van der Waals surface area (Å²) in [4.78, 5) is 24.4. The topological polar surface area (TPSA) is 103 Å². The fourth-order valence-corrected chi connectivity index (χ4v) is 5.29. The van der Waals surface area contributed by atoms with Crippen LogP contribution in [0.4, 0.5) is 19.0 Å². The molecule has 1 N–H and O–H groups in total. The van der Waals surface area contributed by atoms with Crippen LogP contribution in [0.15, 0.2) is 17.5 Å². The number of hydrogen-bond donors (Lipinski definition) is 1. The van der Waals surface area contributed by atoms with Crippen LogP contribution in [0.25, 0.3) is 11.0 Å². The number of aromatic nitrogens is 3. The van der Waals surface area contributed by atoms with Gasteiger partial charge < -0.3 is 26.9 Å². The second-order valence-electron chi connectivity index (χ2n) is 11.1. The molecule has 3 rings (SSSR count). The van der Waals surface area contributed by atoms with Crippen molar-refractivity contribution in [2.24, 2.45) is 4.99 Å². The quantitative estimate of drug-likeness (QED) is 0.0656. The molecule has 1 aliphatic rings. The third-order valence-electron chi connectivity index (χ3n) is 7.05. The maximum atomic E-state index is 12.6. The lowest BCUT2D eigenvalue weighted by atomic mass is 10.2. The fraction of sp³-hybridized carbons (Fsp3) is 0.615. The Kier molecular flexibility index (Phi) is 11.7. The van der Waals surface area contributed by atoms with E-state index in [1.165, 1.54) is 6.33 Å². The van der Waals surface area contributed by atoms with E-state index in [-0.39, 0.29) is 17.2 Å². The standard InChI is InChI=1S/C26H36F3IN6O4SSi/c1-25(2,3)42(6,7)39-13-19-18(38-16-41-5)11-20(40-19)36-12-17(9-8-10-31-24(37)26(27,28)29)21-22(34-15-35(4)30)32-14-33-23(21)36/h12,14-15,18-20H,10-11,13,16H2,1-7H3,(H,31,37)/b34-15+/t18-,19+,20+/m0/s1. The molecule has 0 unspecified atom stereocenters. The number of hydrogen-bond acceptors (Lipinski definition) is 8. The van der Waals surface area contributed by atoms with Crippen LogP contribution >= 0.6 is 34.6 Å². The van der Waals surface area contributed by atoms with E-state index in [9.17, 15) is 18.0 Å². The number of amides is 1. The van der Waals surface area contributed by atoms with Gasteiger partial charge in [-0.2, -0.15) is 13.2 Å². The van der Waals surface area contributed by atoms with Gasteiger partial charge >= 0.3 is 12.1 Å². The first-order chi connectivity index (χ1) is 19.5. The van der Waals surface area contributed by atoms with Gasteiger partial charge in [0.2, 0.25) is 0 Å². The van der Waals surface area contributed by atoms with Crippen molar-refractivity contribution >= 4 is 72.0 Å². The molecule has 42 heavy (non-hydrogen) atoms. The van der Waals surface area contributed by atoms with E-state index in [0.29, 0.717) is 41.4 Å². The lowest BCUT2D eigenvalue weighted by Gasteiger charge is -2.37. The second-order valence-corrected chi connectivity index (χ2v) is 18.3. The third kappa shape index (κ3) is 8.82. The van der Waals surface area contributed by atoms with Crippen LogP contribution < -0.4 is 5.32 Å². The van der Waals surface area contributed by atoms with Crippen LogP contribution in [0, 0.1) is 11.8 Å². The number of halogens is 4. The Bertz CT molecular complexity index is 1340. The molecule has 0 aliphatic carbocycles. The highest BCUT2D eigenvalue weighted by Crippen LogP contribution is 2.40. The summed E-state index contributed by atoms with van der Waals surface area (Å²) in [5.41, 5.74) is 0.928. The molecular weight excluding hydrogens is 704 g/mol. The average molecular weight is 741 g/mol. The largest absolute Gasteiger partial charge is 0.471 e. The molecule has 0 radical (unpaired) electrons. The Labute approximate surface area is 263 Å². The zero-order chi connectivity index (χ0) is 31.3. The summed E-state index contributed by atoms with van der Waals surface area (Å²) in [6, 6.07) is 0. The molecule has 232 valence electrons.